The third-order valence-corrected chi connectivity index (χ3v) is 8.50. The summed E-state index contributed by atoms with van der Waals surface area (Å²) >= 11 is 4.93. The zero-order chi connectivity index (χ0) is 22.9. The number of amides is 1. The third-order valence-electron chi connectivity index (χ3n) is 5.77. The summed E-state index contributed by atoms with van der Waals surface area (Å²) in [5.41, 5.74) is 4.09. The van der Waals surface area contributed by atoms with Crippen LogP contribution >= 0.6 is 34.4 Å². The number of thiophene rings is 1. The maximum Gasteiger partial charge on any atom is 0.230 e. The molecule has 4 aromatic rings. The van der Waals surface area contributed by atoms with E-state index in [9.17, 15) is 4.79 Å². The van der Waals surface area contributed by atoms with Gasteiger partial charge in [-0.3, -0.25) is 9.69 Å². The predicted molar refractivity (Wildman–Crippen MR) is 136 cm³/mol. The Hall–Kier alpha value is -2.49. The SMILES string of the molecule is CC(=O)N(c1nc(CSc2nnc(Cc3cccs3)n2C2CC2)cs1)c1cccc(C)c1C. The smallest absolute Gasteiger partial charge is 0.230 e. The van der Waals surface area contributed by atoms with Gasteiger partial charge >= 0.3 is 0 Å². The summed E-state index contributed by atoms with van der Waals surface area (Å²) in [7, 11) is 0. The molecule has 6 nitrogen and oxygen atoms in total. The van der Waals surface area contributed by atoms with Crippen molar-refractivity contribution >= 4 is 51.2 Å². The molecule has 1 aliphatic rings. The topological polar surface area (TPSA) is 63.9 Å². The summed E-state index contributed by atoms with van der Waals surface area (Å²) in [5.74, 6) is 1.70. The van der Waals surface area contributed by atoms with Crippen molar-refractivity contribution in [1.82, 2.24) is 19.7 Å². The molecule has 170 valence electrons. The van der Waals surface area contributed by atoms with Crippen molar-refractivity contribution in [3.63, 3.8) is 0 Å². The van der Waals surface area contributed by atoms with Crippen molar-refractivity contribution in [2.45, 2.75) is 57.0 Å². The van der Waals surface area contributed by atoms with Crippen LogP contribution in [-0.2, 0) is 17.0 Å². The van der Waals surface area contributed by atoms with E-state index in [4.69, 9.17) is 4.98 Å². The average Bonchev–Trinajstić information content (AvgIpc) is 3.16. The molecule has 1 amide bonds. The molecule has 3 aromatic heterocycles. The second kappa shape index (κ2) is 9.40. The second-order valence-electron chi connectivity index (χ2n) is 8.24. The Morgan fingerprint density at radius 1 is 1.18 bits per heavy atom. The first kappa shape index (κ1) is 22.3. The molecule has 9 heteroatoms. The van der Waals surface area contributed by atoms with Crippen LogP contribution in [0, 0.1) is 13.8 Å². The van der Waals surface area contributed by atoms with Crippen LogP contribution in [0.2, 0.25) is 0 Å². The van der Waals surface area contributed by atoms with Crippen LogP contribution < -0.4 is 4.90 Å². The number of hydrogen-bond acceptors (Lipinski definition) is 7. The van der Waals surface area contributed by atoms with Gasteiger partial charge in [-0.2, -0.15) is 0 Å². The number of aromatic nitrogens is 4. The lowest BCUT2D eigenvalue weighted by Crippen LogP contribution is -2.23. The van der Waals surface area contributed by atoms with E-state index < -0.39 is 0 Å². The quantitative estimate of drug-likeness (QED) is 0.268. The number of rotatable bonds is 8. The van der Waals surface area contributed by atoms with Crippen LogP contribution in [0.5, 0.6) is 0 Å². The minimum atomic E-state index is -0.0380. The number of aryl methyl sites for hydroxylation is 1. The van der Waals surface area contributed by atoms with Gasteiger partial charge in [-0.05, 0) is 55.3 Å². The van der Waals surface area contributed by atoms with Gasteiger partial charge < -0.3 is 4.57 Å². The van der Waals surface area contributed by atoms with Gasteiger partial charge in [0.2, 0.25) is 5.91 Å². The molecule has 1 aromatic carbocycles. The Morgan fingerprint density at radius 2 is 2.03 bits per heavy atom. The summed E-state index contributed by atoms with van der Waals surface area (Å²) in [4.78, 5) is 20.3. The minimum absolute atomic E-state index is 0.0380. The van der Waals surface area contributed by atoms with Gasteiger partial charge in [0.15, 0.2) is 10.3 Å². The molecule has 0 saturated heterocycles. The molecule has 1 saturated carbocycles. The van der Waals surface area contributed by atoms with E-state index >= 15 is 0 Å². The standard InChI is InChI=1S/C24H25N5OS3/c1-15-6-4-8-21(16(15)2)28(17(3)30)23-25-18(13-32-23)14-33-24-27-26-22(29(24)19-9-10-19)12-20-7-5-11-31-20/h4-8,11,13,19H,9-10,12,14H2,1-3H3. The number of hydrogen-bond donors (Lipinski definition) is 0. The number of benzene rings is 1. The average molecular weight is 496 g/mol. The Labute approximate surface area is 205 Å². The molecule has 0 bridgehead atoms. The first-order valence-electron chi connectivity index (χ1n) is 10.9. The van der Waals surface area contributed by atoms with Gasteiger partial charge in [-0.25, -0.2) is 4.98 Å². The van der Waals surface area contributed by atoms with Gasteiger partial charge in [0.1, 0.15) is 5.82 Å². The number of thioether (sulfide) groups is 1. The lowest BCUT2D eigenvalue weighted by atomic mass is 10.1. The van der Waals surface area contributed by atoms with Crippen LogP contribution in [0.3, 0.4) is 0 Å². The number of thiazole rings is 1. The summed E-state index contributed by atoms with van der Waals surface area (Å²) < 4.78 is 2.32. The van der Waals surface area contributed by atoms with E-state index in [1.165, 1.54) is 29.1 Å². The van der Waals surface area contributed by atoms with Crippen molar-refractivity contribution in [1.29, 1.82) is 0 Å². The molecule has 33 heavy (non-hydrogen) atoms. The van der Waals surface area contributed by atoms with Crippen molar-refractivity contribution < 1.29 is 4.79 Å². The molecular formula is C24H25N5OS3. The number of nitrogens with zero attached hydrogens (tertiary/aromatic N) is 5. The Kier molecular flexibility index (Phi) is 6.36. The highest BCUT2D eigenvalue weighted by Crippen LogP contribution is 2.40. The van der Waals surface area contributed by atoms with Crippen LogP contribution in [0.1, 0.15) is 53.3 Å². The normalized spacial score (nSPS) is 13.4. The molecule has 1 aliphatic carbocycles. The highest BCUT2D eigenvalue weighted by Gasteiger charge is 2.30. The number of carbonyl (C=O) groups is 1. The van der Waals surface area contributed by atoms with Crippen LogP contribution in [0.4, 0.5) is 10.8 Å². The van der Waals surface area contributed by atoms with Crippen LogP contribution in [0.25, 0.3) is 0 Å². The number of anilines is 2. The first-order chi connectivity index (χ1) is 16.0. The summed E-state index contributed by atoms with van der Waals surface area (Å²) in [5, 5.41) is 14.8. The molecular weight excluding hydrogens is 470 g/mol. The van der Waals surface area contributed by atoms with Crippen molar-refractivity contribution in [2.24, 2.45) is 0 Å². The van der Waals surface area contributed by atoms with Crippen LogP contribution in [0.15, 0.2) is 46.2 Å². The summed E-state index contributed by atoms with van der Waals surface area (Å²) in [6.45, 7) is 5.69. The summed E-state index contributed by atoms with van der Waals surface area (Å²) in [6, 6.07) is 10.8. The van der Waals surface area contributed by atoms with Gasteiger partial charge in [-0.1, -0.05) is 30.0 Å². The van der Waals surface area contributed by atoms with Gasteiger partial charge in [-0.15, -0.1) is 32.9 Å². The minimum Gasteiger partial charge on any atom is -0.303 e. The van der Waals surface area contributed by atoms with E-state index in [-0.39, 0.29) is 5.91 Å². The molecule has 1 fully saturated rings. The second-order valence-corrected chi connectivity index (χ2v) is 11.1. The molecule has 0 unspecified atom stereocenters. The number of carbonyl (C=O) groups excluding carboxylic acids is 1. The zero-order valence-corrected chi connectivity index (χ0v) is 21.3. The Morgan fingerprint density at radius 3 is 2.76 bits per heavy atom. The molecule has 0 radical (unpaired) electrons. The largest absolute Gasteiger partial charge is 0.303 e. The van der Waals surface area contributed by atoms with Gasteiger partial charge in [0, 0.05) is 35.4 Å². The van der Waals surface area contributed by atoms with Crippen molar-refractivity contribution in [3.05, 3.63) is 68.6 Å². The van der Waals surface area contributed by atoms with Crippen molar-refractivity contribution in [2.75, 3.05) is 4.90 Å². The maximum atomic E-state index is 12.5. The first-order valence-corrected chi connectivity index (χ1v) is 13.7. The highest BCUT2D eigenvalue weighted by atomic mass is 32.2. The fraction of sp³-hybridized carbons (Fsp3) is 0.333. The zero-order valence-electron chi connectivity index (χ0n) is 18.8. The molecule has 5 rings (SSSR count). The lowest BCUT2D eigenvalue weighted by molar-refractivity contribution is -0.115. The molecule has 0 atom stereocenters. The van der Waals surface area contributed by atoms with E-state index in [0.717, 1.165) is 39.9 Å². The maximum absolute atomic E-state index is 12.5. The fourth-order valence-corrected chi connectivity index (χ4v) is 6.39. The predicted octanol–water partition coefficient (Wildman–Crippen LogP) is 6.32. The van der Waals surface area contributed by atoms with E-state index in [2.05, 4.69) is 45.3 Å². The fourth-order valence-electron chi connectivity index (χ4n) is 3.78. The van der Waals surface area contributed by atoms with E-state index in [0.29, 0.717) is 16.9 Å². The Bertz CT molecular complexity index is 1270. The van der Waals surface area contributed by atoms with Crippen LogP contribution in [-0.4, -0.2) is 25.7 Å². The highest BCUT2D eigenvalue weighted by molar-refractivity contribution is 7.98. The van der Waals surface area contributed by atoms with E-state index in [1.54, 1.807) is 34.9 Å². The molecule has 0 aliphatic heterocycles. The monoisotopic (exact) mass is 495 g/mol. The Balaban J connectivity index is 1.34. The van der Waals surface area contributed by atoms with E-state index in [1.807, 2.05) is 24.4 Å². The van der Waals surface area contributed by atoms with Gasteiger partial charge in [0.25, 0.3) is 0 Å². The van der Waals surface area contributed by atoms with Gasteiger partial charge in [0.05, 0.1) is 11.4 Å². The van der Waals surface area contributed by atoms with Crippen molar-refractivity contribution in [3.8, 4) is 0 Å². The third kappa shape index (κ3) is 4.76. The molecule has 0 N–H and O–H groups in total. The lowest BCUT2D eigenvalue weighted by Gasteiger charge is -2.21. The summed E-state index contributed by atoms with van der Waals surface area (Å²) in [6.07, 6.45) is 3.20. The molecule has 0 spiro atoms. The molecule has 3 heterocycles.